The minimum Gasteiger partial charge on any atom is -0.326 e. The first-order valence-corrected chi connectivity index (χ1v) is 8.64. The van der Waals surface area contributed by atoms with Crippen LogP contribution in [0.3, 0.4) is 0 Å². The third-order valence-corrected chi connectivity index (χ3v) is 4.48. The van der Waals surface area contributed by atoms with Gasteiger partial charge in [-0.25, -0.2) is 4.98 Å². The minimum absolute atomic E-state index is 0.125. The van der Waals surface area contributed by atoms with E-state index in [1.54, 1.807) is 22.9 Å². The number of fused-ring (bicyclic) bond motifs is 1. The molecule has 0 saturated heterocycles. The summed E-state index contributed by atoms with van der Waals surface area (Å²) in [5, 5.41) is 3.88. The van der Waals surface area contributed by atoms with Crippen LogP contribution in [-0.4, -0.2) is 15.3 Å². The molecule has 2 heterocycles. The van der Waals surface area contributed by atoms with Gasteiger partial charge < -0.3 is 9.72 Å². The Labute approximate surface area is 157 Å². The average Bonchev–Trinajstić information content (AvgIpc) is 2.84. The molecule has 0 aliphatic rings. The number of aromatic nitrogens is 2. The normalized spacial score (nSPS) is 11.0. The van der Waals surface area contributed by atoms with Gasteiger partial charge in [-0.1, -0.05) is 23.2 Å². The molecule has 2 aromatic heterocycles. The molecule has 0 radical (unpaired) electrons. The lowest BCUT2D eigenvalue weighted by Crippen LogP contribution is -2.15. The van der Waals surface area contributed by atoms with Crippen molar-refractivity contribution in [1.82, 2.24) is 9.38 Å². The summed E-state index contributed by atoms with van der Waals surface area (Å²) >= 11 is 14.3. The molecular formula is C16H12Cl2IN3O. The van der Waals surface area contributed by atoms with E-state index in [1.807, 2.05) is 25.1 Å². The number of anilines is 1. The molecule has 1 amide bonds. The molecule has 0 bridgehead atoms. The van der Waals surface area contributed by atoms with Crippen LogP contribution >= 0.6 is 45.8 Å². The maximum absolute atomic E-state index is 12.2. The number of aryl methyl sites for hydroxylation is 1. The first-order chi connectivity index (χ1) is 10.9. The topological polar surface area (TPSA) is 46.4 Å². The Morgan fingerprint density at radius 1 is 1.30 bits per heavy atom. The van der Waals surface area contributed by atoms with Crippen LogP contribution in [0.15, 0.2) is 36.7 Å². The molecule has 0 saturated carbocycles. The highest BCUT2D eigenvalue weighted by Crippen LogP contribution is 2.22. The summed E-state index contributed by atoms with van der Waals surface area (Å²) in [6.45, 7) is 1.96. The molecule has 7 heteroatoms. The minimum atomic E-state index is -0.125. The van der Waals surface area contributed by atoms with E-state index in [1.165, 1.54) is 0 Å². The molecule has 0 aliphatic carbocycles. The quantitative estimate of drug-likeness (QED) is 0.575. The first-order valence-electron chi connectivity index (χ1n) is 6.81. The van der Waals surface area contributed by atoms with Gasteiger partial charge in [0, 0.05) is 21.7 Å². The number of hydrogen-bond donors (Lipinski definition) is 1. The molecule has 3 rings (SSSR count). The van der Waals surface area contributed by atoms with Crippen LogP contribution in [0.25, 0.3) is 5.65 Å². The fraction of sp³-hybridized carbons (Fsp3) is 0.125. The Hall–Kier alpha value is -1.31. The Morgan fingerprint density at radius 2 is 2.09 bits per heavy atom. The standard InChI is InChI=1S/C16H12Cl2IN3O/c1-9-4-11(19)2-3-14(9)21-15(23)6-12-8-22-7-10(17)5-13(18)16(22)20-12/h2-5,7-8H,6H2,1H3,(H,21,23). The van der Waals surface area contributed by atoms with Gasteiger partial charge in [0.1, 0.15) is 0 Å². The maximum Gasteiger partial charge on any atom is 0.230 e. The van der Waals surface area contributed by atoms with Crippen LogP contribution in [0.2, 0.25) is 10.0 Å². The van der Waals surface area contributed by atoms with Crippen molar-refractivity contribution in [2.45, 2.75) is 13.3 Å². The van der Waals surface area contributed by atoms with Gasteiger partial charge in [0.25, 0.3) is 0 Å². The van der Waals surface area contributed by atoms with Crippen molar-refractivity contribution in [1.29, 1.82) is 0 Å². The van der Waals surface area contributed by atoms with Crippen molar-refractivity contribution in [2.24, 2.45) is 0 Å². The summed E-state index contributed by atoms with van der Waals surface area (Å²) < 4.78 is 2.86. The zero-order chi connectivity index (χ0) is 16.6. The van der Waals surface area contributed by atoms with Crippen LogP contribution in [-0.2, 0) is 11.2 Å². The van der Waals surface area contributed by atoms with Crippen LogP contribution in [0.4, 0.5) is 5.69 Å². The molecule has 1 N–H and O–H groups in total. The highest BCUT2D eigenvalue weighted by Gasteiger charge is 2.11. The molecule has 4 nitrogen and oxygen atoms in total. The van der Waals surface area contributed by atoms with E-state index in [0.717, 1.165) is 14.8 Å². The number of pyridine rings is 1. The van der Waals surface area contributed by atoms with E-state index in [-0.39, 0.29) is 12.3 Å². The number of rotatable bonds is 3. The Morgan fingerprint density at radius 3 is 2.83 bits per heavy atom. The third kappa shape index (κ3) is 3.79. The first kappa shape index (κ1) is 16.5. The molecule has 0 atom stereocenters. The fourth-order valence-electron chi connectivity index (χ4n) is 2.29. The largest absolute Gasteiger partial charge is 0.326 e. The van der Waals surface area contributed by atoms with Crippen molar-refractivity contribution in [3.8, 4) is 0 Å². The second-order valence-corrected chi connectivity index (χ2v) is 7.24. The number of nitrogens with zero attached hydrogens (tertiary/aromatic N) is 2. The summed E-state index contributed by atoms with van der Waals surface area (Å²) in [6, 6.07) is 7.50. The molecule has 1 aromatic carbocycles. The second kappa shape index (κ2) is 6.67. The van der Waals surface area contributed by atoms with Gasteiger partial charge >= 0.3 is 0 Å². The number of benzene rings is 1. The molecule has 0 unspecified atom stereocenters. The SMILES string of the molecule is Cc1cc(I)ccc1NC(=O)Cc1cn2cc(Cl)cc(Cl)c2n1. The van der Waals surface area contributed by atoms with Gasteiger partial charge in [0.05, 0.1) is 22.2 Å². The molecule has 118 valence electrons. The van der Waals surface area contributed by atoms with E-state index in [2.05, 4.69) is 32.9 Å². The highest BCUT2D eigenvalue weighted by atomic mass is 127. The van der Waals surface area contributed by atoms with Crippen LogP contribution in [0.5, 0.6) is 0 Å². The number of nitrogens with one attached hydrogen (secondary N) is 1. The number of carbonyl (C=O) groups excluding carboxylic acids is 1. The van der Waals surface area contributed by atoms with E-state index >= 15 is 0 Å². The Balaban J connectivity index is 1.79. The van der Waals surface area contributed by atoms with Gasteiger partial charge in [-0.3, -0.25) is 4.79 Å². The highest BCUT2D eigenvalue weighted by molar-refractivity contribution is 14.1. The molecular weight excluding hydrogens is 448 g/mol. The fourth-order valence-corrected chi connectivity index (χ4v) is 3.46. The maximum atomic E-state index is 12.2. The Bertz CT molecular complexity index is 908. The number of hydrogen-bond acceptors (Lipinski definition) is 2. The predicted octanol–water partition coefficient (Wildman–Crippen LogP) is 4.74. The molecule has 23 heavy (non-hydrogen) atoms. The lowest BCUT2D eigenvalue weighted by molar-refractivity contribution is -0.115. The summed E-state index contributed by atoms with van der Waals surface area (Å²) in [4.78, 5) is 16.6. The van der Waals surface area contributed by atoms with Gasteiger partial charge in [0.15, 0.2) is 5.65 Å². The third-order valence-electron chi connectivity index (χ3n) is 3.33. The molecule has 0 fully saturated rings. The van der Waals surface area contributed by atoms with Crippen LogP contribution < -0.4 is 5.32 Å². The van der Waals surface area contributed by atoms with Gasteiger partial charge in [0.2, 0.25) is 5.91 Å². The number of imidazole rings is 1. The average molecular weight is 460 g/mol. The van der Waals surface area contributed by atoms with E-state index in [0.29, 0.717) is 21.4 Å². The summed E-state index contributed by atoms with van der Waals surface area (Å²) in [7, 11) is 0. The van der Waals surface area contributed by atoms with Crippen molar-refractivity contribution < 1.29 is 4.79 Å². The summed E-state index contributed by atoms with van der Waals surface area (Å²) in [6.07, 6.45) is 3.63. The number of carbonyl (C=O) groups is 1. The lowest BCUT2D eigenvalue weighted by atomic mass is 10.2. The summed E-state index contributed by atoms with van der Waals surface area (Å²) in [5.74, 6) is -0.125. The van der Waals surface area contributed by atoms with Gasteiger partial charge in [-0.15, -0.1) is 0 Å². The lowest BCUT2D eigenvalue weighted by Gasteiger charge is -2.07. The molecule has 0 aliphatic heterocycles. The summed E-state index contributed by atoms with van der Waals surface area (Å²) in [5.41, 5.74) is 3.05. The van der Waals surface area contributed by atoms with E-state index < -0.39 is 0 Å². The van der Waals surface area contributed by atoms with E-state index in [4.69, 9.17) is 23.2 Å². The zero-order valence-electron chi connectivity index (χ0n) is 12.1. The van der Waals surface area contributed by atoms with Crippen LogP contribution in [0.1, 0.15) is 11.3 Å². The van der Waals surface area contributed by atoms with Crippen molar-refractivity contribution in [2.75, 3.05) is 5.32 Å². The molecule has 3 aromatic rings. The molecule has 0 spiro atoms. The number of amides is 1. The number of halogens is 3. The van der Waals surface area contributed by atoms with Crippen molar-refractivity contribution >= 4 is 63.0 Å². The predicted molar refractivity (Wildman–Crippen MR) is 101 cm³/mol. The van der Waals surface area contributed by atoms with Gasteiger partial charge in [-0.2, -0.15) is 0 Å². The second-order valence-electron chi connectivity index (χ2n) is 5.15. The monoisotopic (exact) mass is 459 g/mol. The Kier molecular flexibility index (Phi) is 4.79. The van der Waals surface area contributed by atoms with Crippen molar-refractivity contribution in [3.63, 3.8) is 0 Å². The van der Waals surface area contributed by atoms with Crippen LogP contribution in [0, 0.1) is 10.5 Å². The zero-order valence-corrected chi connectivity index (χ0v) is 15.8. The van der Waals surface area contributed by atoms with E-state index in [9.17, 15) is 4.79 Å². The van der Waals surface area contributed by atoms with Crippen molar-refractivity contribution in [3.05, 3.63) is 61.5 Å². The van der Waals surface area contributed by atoms with Gasteiger partial charge in [-0.05, 0) is 59.3 Å². The smallest absolute Gasteiger partial charge is 0.230 e.